The molecule has 2 aromatic carbocycles. The van der Waals surface area contributed by atoms with Gasteiger partial charge in [-0.25, -0.2) is 14.8 Å². The van der Waals surface area contributed by atoms with E-state index in [9.17, 15) is 14.4 Å². The molecule has 5 aromatic rings. The highest BCUT2D eigenvalue weighted by Crippen LogP contribution is 2.58. The van der Waals surface area contributed by atoms with E-state index < -0.39 is 12.1 Å². The number of benzene rings is 2. The summed E-state index contributed by atoms with van der Waals surface area (Å²) in [5.41, 5.74) is 6.11. The van der Waals surface area contributed by atoms with E-state index in [4.69, 9.17) is 14.1 Å². The Morgan fingerprint density at radius 1 is 0.963 bits per heavy atom. The van der Waals surface area contributed by atoms with Gasteiger partial charge in [-0.3, -0.25) is 9.59 Å². The molecule has 3 aromatic heterocycles. The number of hydrogen-bond donors (Lipinski definition) is 3. The molecular weight excluding hydrogens is 683 g/mol. The van der Waals surface area contributed by atoms with E-state index in [0.717, 1.165) is 65.0 Å². The third kappa shape index (κ3) is 6.86. The molecule has 3 amide bonds. The van der Waals surface area contributed by atoms with Crippen LogP contribution in [0.3, 0.4) is 0 Å². The lowest BCUT2D eigenvalue weighted by Gasteiger charge is -2.28. The molecule has 1 aliphatic carbocycles. The number of fused-ring (bicyclic) bond motifs is 1. The third-order valence-corrected chi connectivity index (χ3v) is 11.5. The molecule has 0 unspecified atom stereocenters. The number of carbonyl (C=O) groups excluding carboxylic acids is 3. The maximum Gasteiger partial charge on any atom is 0.407 e. The fourth-order valence-corrected chi connectivity index (χ4v) is 7.80. The molecule has 2 saturated heterocycles. The van der Waals surface area contributed by atoms with Crippen LogP contribution in [0.1, 0.15) is 99.3 Å². The highest BCUT2D eigenvalue weighted by atomic mass is 16.5. The first-order chi connectivity index (χ1) is 26.1. The number of furan rings is 1. The molecule has 5 heterocycles. The fourth-order valence-electron chi connectivity index (χ4n) is 7.80. The number of likely N-dealkylation sites (tertiary alicyclic amines) is 2. The van der Waals surface area contributed by atoms with Crippen LogP contribution in [0.15, 0.2) is 71.7 Å². The van der Waals surface area contributed by atoms with E-state index in [2.05, 4.69) is 50.9 Å². The van der Waals surface area contributed by atoms with Crippen molar-refractivity contribution in [3.63, 3.8) is 0 Å². The summed E-state index contributed by atoms with van der Waals surface area (Å²) in [5, 5.41) is 2.64. The molecular formula is C42H45N7O5. The van der Waals surface area contributed by atoms with Crippen LogP contribution in [-0.2, 0) is 14.3 Å². The summed E-state index contributed by atoms with van der Waals surface area (Å²) in [4.78, 5) is 59.7. The van der Waals surface area contributed by atoms with Crippen molar-refractivity contribution >= 4 is 28.9 Å². The van der Waals surface area contributed by atoms with Gasteiger partial charge in [-0.15, -0.1) is 0 Å². The van der Waals surface area contributed by atoms with Crippen molar-refractivity contribution in [3.8, 4) is 23.1 Å². The monoisotopic (exact) mass is 727 g/mol. The third-order valence-electron chi connectivity index (χ3n) is 11.5. The highest BCUT2D eigenvalue weighted by Gasteiger charge is 2.54. The van der Waals surface area contributed by atoms with Gasteiger partial charge in [0, 0.05) is 35.7 Å². The Kier molecular flexibility index (Phi) is 9.26. The number of nitrogens with one attached hydrogen (secondary N) is 3. The van der Waals surface area contributed by atoms with Crippen molar-refractivity contribution in [2.75, 3.05) is 20.2 Å². The first-order valence-corrected chi connectivity index (χ1v) is 18.8. The molecule has 3 N–H and O–H groups in total. The zero-order chi connectivity index (χ0) is 37.6. The number of ether oxygens (including phenoxy) is 1. The Morgan fingerprint density at radius 3 is 2.46 bits per heavy atom. The van der Waals surface area contributed by atoms with Crippen molar-refractivity contribution in [2.24, 2.45) is 17.3 Å². The van der Waals surface area contributed by atoms with Crippen LogP contribution < -0.4 is 5.32 Å². The van der Waals surface area contributed by atoms with Crippen molar-refractivity contribution in [1.82, 2.24) is 35.1 Å². The highest BCUT2D eigenvalue weighted by molar-refractivity contribution is 5.87. The van der Waals surface area contributed by atoms with Gasteiger partial charge in [0.05, 0.1) is 54.6 Å². The lowest BCUT2D eigenvalue weighted by Crippen LogP contribution is -2.42. The number of imidazole rings is 2. The maximum absolute atomic E-state index is 13.7. The predicted octanol–water partition coefficient (Wildman–Crippen LogP) is 7.05. The normalized spacial score (nSPS) is 19.9. The fraction of sp³-hybridized carbons (Fsp3) is 0.405. The minimum absolute atomic E-state index is 0.0230. The number of carbonyl (C=O) groups is 3. The smallest absolute Gasteiger partial charge is 0.407 e. The van der Waals surface area contributed by atoms with Gasteiger partial charge in [-0.1, -0.05) is 44.7 Å². The topological polar surface area (TPSA) is 149 Å². The molecule has 4 atom stereocenters. The van der Waals surface area contributed by atoms with Crippen molar-refractivity contribution < 1.29 is 23.5 Å². The van der Waals surface area contributed by atoms with Gasteiger partial charge < -0.3 is 34.2 Å². The zero-order valence-corrected chi connectivity index (χ0v) is 31.0. The lowest BCUT2D eigenvalue weighted by atomic mass is 9.96. The molecule has 1 spiro atoms. The molecule has 12 heteroatoms. The molecule has 8 rings (SSSR count). The molecule has 12 nitrogen and oxygen atoms in total. The summed E-state index contributed by atoms with van der Waals surface area (Å²) in [5.74, 6) is 8.37. The number of alkyl carbamates (subject to hydrolysis) is 1. The van der Waals surface area contributed by atoms with Gasteiger partial charge >= 0.3 is 6.09 Å². The first-order valence-electron chi connectivity index (χ1n) is 18.8. The van der Waals surface area contributed by atoms with Gasteiger partial charge in [0.25, 0.3) is 5.91 Å². The minimum atomic E-state index is -0.938. The first kappa shape index (κ1) is 35.2. The summed E-state index contributed by atoms with van der Waals surface area (Å²) in [7, 11) is 1.26. The SMILES string of the molecule is COC(=O)N[C@@H](C(=O)N1CCC[C@H]1c1ncc(-c2ccc(C#Cc3ccc4nc([C@@H]5CC6(CC6)CN5C(=O)[C@@H](C)C(C)C)[nH]c4c3)cc2)[nH]1)c1ccoc1. The molecule has 0 bridgehead atoms. The predicted molar refractivity (Wildman–Crippen MR) is 202 cm³/mol. The quantitative estimate of drug-likeness (QED) is 0.145. The van der Waals surface area contributed by atoms with E-state index in [1.54, 1.807) is 17.2 Å². The van der Waals surface area contributed by atoms with E-state index >= 15 is 0 Å². The molecule has 3 fully saturated rings. The van der Waals surface area contributed by atoms with Gasteiger partial charge in [0.1, 0.15) is 17.7 Å². The second-order valence-corrected chi connectivity index (χ2v) is 15.4. The van der Waals surface area contributed by atoms with Gasteiger partial charge in [0.2, 0.25) is 5.91 Å². The van der Waals surface area contributed by atoms with Crippen LogP contribution in [0.25, 0.3) is 22.3 Å². The number of H-pyrrole nitrogens is 2. The van der Waals surface area contributed by atoms with Crippen LogP contribution in [-0.4, -0.2) is 67.8 Å². The number of amides is 3. The number of methoxy groups -OCH3 is 1. The standard InChI is InChI=1S/C42H45N7O5/c1-25(2)26(3)39(50)49-24-42(16-17-42)21-35(49)38-44-31-14-11-28(20-32(31)45-38)8-7-27-9-12-29(13-10-27)33-22-43-37(46-33)34-6-5-18-48(34)40(51)36(47-41(52)53-4)30-15-19-54-23-30/h9-15,19-20,22-23,25-26,34-36H,5-6,16-18,21,24H2,1-4H3,(H,43,46)(H,44,45)(H,47,52)/t26-,34-,35-,36+/m0/s1. The van der Waals surface area contributed by atoms with Gasteiger partial charge in [-0.2, -0.15) is 0 Å². The number of nitrogens with zero attached hydrogens (tertiary/aromatic N) is 4. The van der Waals surface area contributed by atoms with Gasteiger partial charge in [-0.05, 0) is 85.4 Å². The number of rotatable bonds is 8. The van der Waals surface area contributed by atoms with Crippen LogP contribution in [0, 0.1) is 29.1 Å². The number of aromatic amines is 2. The van der Waals surface area contributed by atoms with E-state index in [1.165, 1.54) is 32.5 Å². The average molecular weight is 728 g/mol. The van der Waals surface area contributed by atoms with Crippen molar-refractivity contribution in [1.29, 1.82) is 0 Å². The summed E-state index contributed by atoms with van der Waals surface area (Å²) in [6, 6.07) is 14.4. The molecule has 1 saturated carbocycles. The summed E-state index contributed by atoms with van der Waals surface area (Å²) < 4.78 is 9.96. The largest absolute Gasteiger partial charge is 0.472 e. The van der Waals surface area contributed by atoms with E-state index in [-0.39, 0.29) is 35.2 Å². The van der Waals surface area contributed by atoms with E-state index in [1.807, 2.05) is 49.4 Å². The minimum Gasteiger partial charge on any atom is -0.472 e. The van der Waals surface area contributed by atoms with Crippen molar-refractivity contribution in [3.05, 3.63) is 95.6 Å². The van der Waals surface area contributed by atoms with Crippen LogP contribution in [0.4, 0.5) is 4.79 Å². The Labute approximate surface area is 314 Å². The number of aromatic nitrogens is 4. The number of hydrogen-bond acceptors (Lipinski definition) is 7. The van der Waals surface area contributed by atoms with E-state index in [0.29, 0.717) is 23.9 Å². The van der Waals surface area contributed by atoms with Crippen LogP contribution >= 0.6 is 0 Å². The second kappa shape index (κ2) is 14.2. The Morgan fingerprint density at radius 2 is 1.74 bits per heavy atom. The summed E-state index contributed by atoms with van der Waals surface area (Å²) in [6.07, 6.45) is 8.87. The Hall–Kier alpha value is -5.83. The second-order valence-electron chi connectivity index (χ2n) is 15.4. The van der Waals surface area contributed by atoms with Crippen LogP contribution in [0.5, 0.6) is 0 Å². The van der Waals surface area contributed by atoms with Gasteiger partial charge in [0.15, 0.2) is 0 Å². The molecule has 2 aliphatic heterocycles. The molecule has 0 radical (unpaired) electrons. The Balaban J connectivity index is 0.948. The molecule has 3 aliphatic rings. The summed E-state index contributed by atoms with van der Waals surface area (Å²) in [6.45, 7) is 7.63. The molecule has 54 heavy (non-hydrogen) atoms. The zero-order valence-electron chi connectivity index (χ0n) is 31.0. The van der Waals surface area contributed by atoms with Crippen molar-refractivity contribution in [2.45, 2.75) is 71.0 Å². The average Bonchev–Trinajstić information content (AvgIpc) is 3.85. The lowest BCUT2D eigenvalue weighted by molar-refractivity contribution is -0.137. The van der Waals surface area contributed by atoms with Crippen LogP contribution in [0.2, 0.25) is 0 Å². The summed E-state index contributed by atoms with van der Waals surface area (Å²) >= 11 is 0. The maximum atomic E-state index is 13.7. The Bertz CT molecular complexity index is 2240. The molecule has 278 valence electrons.